The van der Waals surface area contributed by atoms with Crippen molar-refractivity contribution in [3.05, 3.63) is 30.1 Å². The van der Waals surface area contributed by atoms with E-state index in [9.17, 15) is 5.11 Å². The second-order valence-corrected chi connectivity index (χ2v) is 3.70. The molecule has 1 heterocycles. The van der Waals surface area contributed by atoms with E-state index in [0.29, 0.717) is 5.75 Å². The number of allylic oxidation sites excluding steroid dienone is 2. The predicted molar refractivity (Wildman–Crippen MR) is 57.0 cm³/mol. The quantitative estimate of drug-likeness (QED) is 0.736. The van der Waals surface area contributed by atoms with Crippen LogP contribution in [0.4, 0.5) is 0 Å². The Morgan fingerprint density at radius 3 is 3.00 bits per heavy atom. The Labute approximate surface area is 84.3 Å². The highest BCUT2D eigenvalue weighted by Crippen LogP contribution is 2.29. The molecule has 0 aromatic carbocycles. The highest BCUT2D eigenvalue weighted by Gasteiger charge is 2.09. The summed E-state index contributed by atoms with van der Waals surface area (Å²) in [5.41, 5.74) is 1.98. The van der Waals surface area contributed by atoms with Crippen LogP contribution in [0.25, 0.3) is 5.57 Å². The van der Waals surface area contributed by atoms with Gasteiger partial charge in [-0.05, 0) is 43.4 Å². The zero-order chi connectivity index (χ0) is 9.80. The lowest BCUT2D eigenvalue weighted by Gasteiger charge is -2.05. The van der Waals surface area contributed by atoms with Crippen molar-refractivity contribution in [2.45, 2.75) is 32.1 Å². The van der Waals surface area contributed by atoms with Crippen molar-refractivity contribution in [1.82, 2.24) is 4.98 Å². The van der Waals surface area contributed by atoms with Gasteiger partial charge in [0.2, 0.25) is 0 Å². The molecule has 1 aliphatic carbocycles. The number of aromatic nitrogens is 1. The summed E-state index contributed by atoms with van der Waals surface area (Å²) in [5, 5.41) is 9.65. The van der Waals surface area contributed by atoms with E-state index in [2.05, 4.69) is 11.1 Å². The fraction of sp³-hybridized carbons (Fsp3) is 0.417. The third-order valence-corrected chi connectivity index (χ3v) is 2.63. The fourth-order valence-electron chi connectivity index (χ4n) is 1.87. The molecule has 74 valence electrons. The minimum Gasteiger partial charge on any atom is -0.506 e. The summed E-state index contributed by atoms with van der Waals surface area (Å²) in [4.78, 5) is 4.23. The number of aromatic hydroxyl groups is 1. The fourth-order valence-corrected chi connectivity index (χ4v) is 1.87. The van der Waals surface area contributed by atoms with E-state index < -0.39 is 0 Å². The molecule has 0 saturated carbocycles. The zero-order valence-corrected chi connectivity index (χ0v) is 8.24. The molecular formula is C12H15NO. The van der Waals surface area contributed by atoms with Crippen LogP contribution in [0.1, 0.15) is 37.8 Å². The van der Waals surface area contributed by atoms with Crippen molar-refractivity contribution >= 4 is 5.57 Å². The highest BCUT2D eigenvalue weighted by molar-refractivity contribution is 5.67. The first-order valence-corrected chi connectivity index (χ1v) is 5.21. The van der Waals surface area contributed by atoms with Gasteiger partial charge in [-0.15, -0.1) is 0 Å². The average molecular weight is 189 g/mol. The van der Waals surface area contributed by atoms with Gasteiger partial charge in [0.25, 0.3) is 0 Å². The number of nitrogens with zero attached hydrogens (tertiary/aromatic N) is 1. The standard InChI is InChI=1S/C12H15NO/c14-11-8-5-9-13-12(11)10-6-3-1-2-4-7-10/h5-6,8-9,14H,1-4,7H2. The maximum atomic E-state index is 9.65. The van der Waals surface area contributed by atoms with Crippen molar-refractivity contribution in [2.24, 2.45) is 0 Å². The summed E-state index contributed by atoms with van der Waals surface area (Å²) < 4.78 is 0. The molecule has 1 N–H and O–H groups in total. The van der Waals surface area contributed by atoms with Crippen LogP contribution in [0, 0.1) is 0 Å². The molecule has 0 atom stereocenters. The topological polar surface area (TPSA) is 33.1 Å². The Hall–Kier alpha value is -1.31. The molecule has 0 bridgehead atoms. The van der Waals surface area contributed by atoms with E-state index in [1.165, 1.54) is 24.8 Å². The van der Waals surface area contributed by atoms with Crippen LogP contribution in [-0.4, -0.2) is 10.1 Å². The van der Waals surface area contributed by atoms with Gasteiger partial charge < -0.3 is 5.11 Å². The summed E-state index contributed by atoms with van der Waals surface area (Å²) in [7, 11) is 0. The average Bonchev–Trinajstić information content (AvgIpc) is 2.47. The lowest BCUT2D eigenvalue weighted by molar-refractivity contribution is 0.470. The zero-order valence-electron chi connectivity index (χ0n) is 8.24. The van der Waals surface area contributed by atoms with Gasteiger partial charge in [-0.2, -0.15) is 0 Å². The summed E-state index contributed by atoms with van der Waals surface area (Å²) in [6.45, 7) is 0. The van der Waals surface area contributed by atoms with Crippen LogP contribution in [0.5, 0.6) is 5.75 Å². The van der Waals surface area contributed by atoms with Crippen molar-refractivity contribution in [1.29, 1.82) is 0 Å². The maximum absolute atomic E-state index is 9.65. The van der Waals surface area contributed by atoms with E-state index in [-0.39, 0.29) is 0 Å². The van der Waals surface area contributed by atoms with E-state index in [4.69, 9.17) is 0 Å². The molecule has 0 spiro atoms. The minimum absolute atomic E-state index is 0.306. The van der Waals surface area contributed by atoms with Gasteiger partial charge in [-0.1, -0.05) is 12.5 Å². The van der Waals surface area contributed by atoms with Gasteiger partial charge in [0.15, 0.2) is 0 Å². The predicted octanol–water partition coefficient (Wildman–Crippen LogP) is 3.13. The molecule has 1 aromatic rings. The summed E-state index contributed by atoms with van der Waals surface area (Å²) in [6, 6.07) is 3.46. The van der Waals surface area contributed by atoms with Gasteiger partial charge in [-0.25, -0.2) is 0 Å². The Morgan fingerprint density at radius 2 is 2.14 bits per heavy atom. The van der Waals surface area contributed by atoms with Crippen molar-refractivity contribution in [3.8, 4) is 5.75 Å². The molecule has 0 amide bonds. The van der Waals surface area contributed by atoms with Crippen molar-refractivity contribution in [2.75, 3.05) is 0 Å². The Balaban J connectivity index is 2.29. The summed E-state index contributed by atoms with van der Waals surface area (Å²) in [5.74, 6) is 0.306. The molecule has 0 fully saturated rings. The first kappa shape index (κ1) is 9.25. The largest absolute Gasteiger partial charge is 0.506 e. The van der Waals surface area contributed by atoms with Crippen LogP contribution >= 0.6 is 0 Å². The Kier molecular flexibility index (Phi) is 2.82. The minimum atomic E-state index is 0.306. The number of hydrogen-bond acceptors (Lipinski definition) is 2. The molecule has 1 aromatic heterocycles. The number of rotatable bonds is 1. The Morgan fingerprint density at radius 1 is 1.21 bits per heavy atom. The van der Waals surface area contributed by atoms with Crippen LogP contribution in [0.3, 0.4) is 0 Å². The number of hydrogen-bond donors (Lipinski definition) is 1. The molecule has 2 nitrogen and oxygen atoms in total. The first-order chi connectivity index (χ1) is 6.88. The lowest BCUT2D eigenvalue weighted by Crippen LogP contribution is -1.89. The van der Waals surface area contributed by atoms with Gasteiger partial charge >= 0.3 is 0 Å². The molecule has 0 unspecified atom stereocenters. The number of pyridine rings is 1. The van der Waals surface area contributed by atoms with E-state index in [0.717, 1.165) is 18.5 Å². The summed E-state index contributed by atoms with van der Waals surface area (Å²) in [6.07, 6.45) is 9.87. The van der Waals surface area contributed by atoms with Crippen LogP contribution < -0.4 is 0 Å². The van der Waals surface area contributed by atoms with Crippen molar-refractivity contribution in [3.63, 3.8) is 0 Å². The second-order valence-electron chi connectivity index (χ2n) is 3.70. The van der Waals surface area contributed by atoms with Gasteiger partial charge in [-0.3, -0.25) is 4.98 Å². The maximum Gasteiger partial charge on any atom is 0.141 e. The van der Waals surface area contributed by atoms with Crippen LogP contribution in [0.15, 0.2) is 24.4 Å². The molecule has 0 radical (unpaired) electrons. The molecule has 0 saturated heterocycles. The smallest absolute Gasteiger partial charge is 0.141 e. The normalized spacial score (nSPS) is 17.3. The van der Waals surface area contributed by atoms with Gasteiger partial charge in [0.05, 0.1) is 0 Å². The van der Waals surface area contributed by atoms with Gasteiger partial charge in [0, 0.05) is 6.20 Å². The Bertz CT molecular complexity index is 344. The third kappa shape index (κ3) is 1.95. The van der Waals surface area contributed by atoms with Crippen LogP contribution in [-0.2, 0) is 0 Å². The second kappa shape index (κ2) is 4.27. The van der Waals surface area contributed by atoms with E-state index in [1.54, 1.807) is 18.3 Å². The molecule has 2 heteroatoms. The van der Waals surface area contributed by atoms with Gasteiger partial charge in [0.1, 0.15) is 11.4 Å². The van der Waals surface area contributed by atoms with E-state index in [1.807, 2.05) is 0 Å². The monoisotopic (exact) mass is 189 g/mol. The lowest BCUT2D eigenvalue weighted by atomic mass is 10.1. The van der Waals surface area contributed by atoms with Crippen molar-refractivity contribution < 1.29 is 5.11 Å². The third-order valence-electron chi connectivity index (χ3n) is 2.63. The first-order valence-electron chi connectivity index (χ1n) is 5.21. The SMILES string of the molecule is Oc1cccnc1C1=CCCCCC1. The molecule has 2 rings (SSSR count). The summed E-state index contributed by atoms with van der Waals surface area (Å²) >= 11 is 0. The highest BCUT2D eigenvalue weighted by atomic mass is 16.3. The molecule has 0 aliphatic heterocycles. The molecule has 1 aliphatic rings. The van der Waals surface area contributed by atoms with Crippen LogP contribution in [0.2, 0.25) is 0 Å². The van der Waals surface area contributed by atoms with E-state index >= 15 is 0 Å². The molecule has 14 heavy (non-hydrogen) atoms. The molecular weight excluding hydrogens is 174 g/mol.